The normalized spacial score (nSPS) is 17.0. The largest absolute Gasteiger partial charge is 0.343 e. The lowest BCUT2D eigenvalue weighted by Gasteiger charge is -2.22. The number of halogens is 1. The summed E-state index contributed by atoms with van der Waals surface area (Å²) < 4.78 is 0. The van der Waals surface area contributed by atoms with Gasteiger partial charge in [0.15, 0.2) is 0 Å². The number of H-pyrrole nitrogens is 1. The number of rotatable bonds is 1. The van der Waals surface area contributed by atoms with E-state index >= 15 is 0 Å². The molecule has 15 heavy (non-hydrogen) atoms. The van der Waals surface area contributed by atoms with E-state index in [-0.39, 0.29) is 0 Å². The first-order valence-corrected chi connectivity index (χ1v) is 5.26. The lowest BCUT2D eigenvalue weighted by molar-refractivity contribution is -0.124. The van der Waals surface area contributed by atoms with Crippen LogP contribution in [-0.4, -0.2) is 15.8 Å². The van der Waals surface area contributed by atoms with Gasteiger partial charge in [-0.3, -0.25) is 4.79 Å². The summed E-state index contributed by atoms with van der Waals surface area (Å²) in [5, 5.41) is 1.65. The van der Waals surface area contributed by atoms with Crippen LogP contribution < -0.4 is 0 Å². The first-order chi connectivity index (χ1) is 7.22. The van der Waals surface area contributed by atoms with Gasteiger partial charge >= 0.3 is 0 Å². The molecule has 0 atom stereocenters. The molecule has 1 fully saturated rings. The van der Waals surface area contributed by atoms with Gasteiger partial charge in [-0.05, 0) is 12.1 Å². The van der Waals surface area contributed by atoms with Crippen molar-refractivity contribution in [3.63, 3.8) is 0 Å². The number of pyridine rings is 1. The fourth-order valence-electron chi connectivity index (χ4n) is 1.94. The number of ketones is 1. The summed E-state index contributed by atoms with van der Waals surface area (Å²) in [6, 6.07) is 3.91. The monoisotopic (exact) mass is 220 g/mol. The van der Waals surface area contributed by atoms with E-state index < -0.39 is 0 Å². The number of hydrogen-bond acceptors (Lipinski definition) is 2. The fourth-order valence-corrected chi connectivity index (χ4v) is 2.11. The van der Waals surface area contributed by atoms with Gasteiger partial charge in [-0.15, -0.1) is 0 Å². The molecule has 2 aromatic rings. The topological polar surface area (TPSA) is 45.8 Å². The van der Waals surface area contributed by atoms with Gasteiger partial charge in [0.2, 0.25) is 0 Å². The summed E-state index contributed by atoms with van der Waals surface area (Å²) in [5.41, 5.74) is 1.94. The molecule has 0 saturated heterocycles. The number of nitrogens with zero attached hydrogens (tertiary/aromatic N) is 1. The SMILES string of the molecule is O=C1CC(c2cc3cc(Cl)cnc3[nH]2)C1. The first kappa shape index (κ1) is 8.92. The second-order valence-electron chi connectivity index (χ2n) is 3.96. The molecule has 3 nitrogen and oxygen atoms in total. The molecule has 3 rings (SSSR count). The van der Waals surface area contributed by atoms with Crippen LogP contribution in [0.5, 0.6) is 0 Å². The summed E-state index contributed by atoms with van der Waals surface area (Å²) in [4.78, 5) is 18.3. The molecule has 2 aromatic heterocycles. The smallest absolute Gasteiger partial charge is 0.137 e. The van der Waals surface area contributed by atoms with Crippen molar-refractivity contribution < 1.29 is 4.79 Å². The average Bonchev–Trinajstić information content (AvgIpc) is 2.55. The van der Waals surface area contributed by atoms with Gasteiger partial charge in [0.05, 0.1) is 5.02 Å². The van der Waals surface area contributed by atoms with Gasteiger partial charge in [-0.25, -0.2) is 4.98 Å². The molecule has 2 heterocycles. The standard InChI is InChI=1S/C11H9ClN2O/c12-8-1-7-4-10(6-2-9(15)3-6)14-11(7)13-5-8/h1,4-6H,2-3H2,(H,13,14). The van der Waals surface area contributed by atoms with E-state index in [9.17, 15) is 4.79 Å². The third-order valence-corrected chi connectivity index (χ3v) is 3.05. The summed E-state index contributed by atoms with van der Waals surface area (Å²) in [6.07, 6.45) is 2.93. The molecule has 0 bridgehead atoms. The number of Topliss-reactive ketones (excluding diaryl/α,β-unsaturated/α-hetero) is 1. The molecule has 0 aliphatic heterocycles. The number of carbonyl (C=O) groups is 1. The molecule has 76 valence electrons. The molecular weight excluding hydrogens is 212 g/mol. The molecule has 1 aliphatic carbocycles. The quantitative estimate of drug-likeness (QED) is 0.803. The zero-order valence-corrected chi connectivity index (χ0v) is 8.71. The number of hydrogen-bond donors (Lipinski definition) is 1. The number of aromatic nitrogens is 2. The van der Waals surface area contributed by atoms with E-state index in [1.54, 1.807) is 6.20 Å². The first-order valence-electron chi connectivity index (χ1n) is 4.88. The maximum absolute atomic E-state index is 10.9. The highest BCUT2D eigenvalue weighted by Gasteiger charge is 2.29. The number of nitrogens with one attached hydrogen (secondary N) is 1. The average molecular weight is 221 g/mol. The second-order valence-corrected chi connectivity index (χ2v) is 4.40. The molecule has 1 saturated carbocycles. The van der Waals surface area contributed by atoms with Crippen LogP contribution in [0.4, 0.5) is 0 Å². The molecule has 0 amide bonds. The van der Waals surface area contributed by atoms with Crippen LogP contribution >= 0.6 is 11.6 Å². The zero-order chi connectivity index (χ0) is 10.4. The lowest BCUT2D eigenvalue weighted by atomic mass is 9.82. The van der Waals surface area contributed by atoms with Gasteiger partial charge < -0.3 is 4.98 Å². The van der Waals surface area contributed by atoms with Gasteiger partial charge in [0, 0.05) is 36.0 Å². The summed E-state index contributed by atoms with van der Waals surface area (Å²) in [7, 11) is 0. The Bertz CT molecular complexity index is 539. The van der Waals surface area contributed by atoms with E-state index in [0.29, 0.717) is 29.6 Å². The van der Waals surface area contributed by atoms with Gasteiger partial charge in [-0.2, -0.15) is 0 Å². The maximum Gasteiger partial charge on any atom is 0.137 e. The van der Waals surface area contributed by atoms with E-state index in [1.165, 1.54) is 0 Å². The minimum atomic E-state index is 0.338. The van der Waals surface area contributed by atoms with Gasteiger partial charge in [0.1, 0.15) is 11.4 Å². The second kappa shape index (κ2) is 3.07. The number of aromatic amines is 1. The summed E-state index contributed by atoms with van der Waals surface area (Å²) >= 11 is 5.85. The molecule has 1 aliphatic rings. The Morgan fingerprint density at radius 2 is 2.20 bits per heavy atom. The van der Waals surface area contributed by atoms with Crippen molar-refractivity contribution in [2.45, 2.75) is 18.8 Å². The Labute approximate surface area is 91.5 Å². The molecular formula is C11H9ClN2O. The Balaban J connectivity index is 2.03. The van der Waals surface area contributed by atoms with Gasteiger partial charge in [0.25, 0.3) is 0 Å². The third kappa shape index (κ3) is 1.43. The van der Waals surface area contributed by atoms with Crippen molar-refractivity contribution in [2.75, 3.05) is 0 Å². The van der Waals surface area contributed by atoms with Crippen LogP contribution in [0.15, 0.2) is 18.3 Å². The number of fused-ring (bicyclic) bond motifs is 1. The predicted molar refractivity (Wildman–Crippen MR) is 58.1 cm³/mol. The maximum atomic E-state index is 10.9. The van der Waals surface area contributed by atoms with Crippen molar-refractivity contribution in [3.05, 3.63) is 29.0 Å². The van der Waals surface area contributed by atoms with E-state index in [0.717, 1.165) is 16.7 Å². The van der Waals surface area contributed by atoms with Crippen LogP contribution in [0.2, 0.25) is 5.02 Å². The Kier molecular flexibility index (Phi) is 1.83. The highest BCUT2D eigenvalue weighted by atomic mass is 35.5. The fraction of sp³-hybridized carbons (Fsp3) is 0.273. The Morgan fingerprint density at radius 1 is 1.40 bits per heavy atom. The van der Waals surface area contributed by atoms with Crippen LogP contribution in [-0.2, 0) is 4.79 Å². The zero-order valence-electron chi connectivity index (χ0n) is 7.96. The highest BCUT2D eigenvalue weighted by Crippen LogP contribution is 2.34. The molecule has 0 unspecified atom stereocenters. The third-order valence-electron chi connectivity index (χ3n) is 2.85. The van der Waals surface area contributed by atoms with Crippen LogP contribution in [0, 0.1) is 0 Å². The lowest BCUT2D eigenvalue weighted by Crippen LogP contribution is -2.21. The predicted octanol–water partition coefficient (Wildman–Crippen LogP) is 2.66. The van der Waals surface area contributed by atoms with Crippen LogP contribution in [0.1, 0.15) is 24.5 Å². The summed E-state index contributed by atoms with van der Waals surface area (Å²) in [5.74, 6) is 0.690. The van der Waals surface area contributed by atoms with Gasteiger partial charge in [-0.1, -0.05) is 11.6 Å². The van der Waals surface area contributed by atoms with E-state index in [4.69, 9.17) is 11.6 Å². The van der Waals surface area contributed by atoms with Crippen molar-refractivity contribution in [2.24, 2.45) is 0 Å². The molecule has 4 heteroatoms. The minimum Gasteiger partial charge on any atom is -0.343 e. The number of carbonyl (C=O) groups excluding carboxylic acids is 1. The van der Waals surface area contributed by atoms with Crippen LogP contribution in [0.3, 0.4) is 0 Å². The molecule has 1 N–H and O–H groups in total. The van der Waals surface area contributed by atoms with E-state index in [2.05, 4.69) is 9.97 Å². The van der Waals surface area contributed by atoms with E-state index in [1.807, 2.05) is 12.1 Å². The molecule has 0 aromatic carbocycles. The van der Waals surface area contributed by atoms with Crippen molar-refractivity contribution in [1.29, 1.82) is 0 Å². The van der Waals surface area contributed by atoms with Crippen LogP contribution in [0.25, 0.3) is 11.0 Å². The highest BCUT2D eigenvalue weighted by molar-refractivity contribution is 6.31. The van der Waals surface area contributed by atoms with Crippen molar-refractivity contribution in [3.8, 4) is 0 Å². The molecule has 0 radical (unpaired) electrons. The van der Waals surface area contributed by atoms with Crippen molar-refractivity contribution in [1.82, 2.24) is 9.97 Å². The summed E-state index contributed by atoms with van der Waals surface area (Å²) in [6.45, 7) is 0. The van der Waals surface area contributed by atoms with Crippen molar-refractivity contribution >= 4 is 28.4 Å². The minimum absolute atomic E-state index is 0.338. The molecule has 0 spiro atoms. The Hall–Kier alpha value is -1.35. The Morgan fingerprint density at radius 3 is 2.93 bits per heavy atom.